The van der Waals surface area contributed by atoms with Gasteiger partial charge in [-0.2, -0.15) is 0 Å². The average molecular weight is 462 g/mol. The second-order valence-corrected chi connectivity index (χ2v) is 9.21. The van der Waals surface area contributed by atoms with Crippen LogP contribution in [0.25, 0.3) is 6.08 Å². The normalized spacial score (nSPS) is 13.1. The summed E-state index contributed by atoms with van der Waals surface area (Å²) in [4.78, 5) is 40.5. The maximum atomic E-state index is 13.5. The zero-order chi connectivity index (χ0) is 25.2. The Hall–Kier alpha value is -2.87. The molecule has 2 unspecified atom stereocenters. The minimum Gasteiger partial charge on any atom is -0.444 e. The molecule has 0 aliphatic heterocycles. The lowest BCUT2D eigenvalue weighted by Crippen LogP contribution is -2.55. The van der Waals surface area contributed by atoms with Gasteiger partial charge in [-0.25, -0.2) is 4.79 Å². The lowest BCUT2D eigenvalue weighted by atomic mass is 9.99. The zero-order valence-electron chi connectivity index (χ0n) is 20.7. The number of hydrogen-bond acceptors (Lipinski definition) is 5. The summed E-state index contributed by atoms with van der Waals surface area (Å²) < 4.78 is 5.23. The Bertz CT molecular complexity index is 817. The Morgan fingerprint density at radius 1 is 1.21 bits per heavy atom. The summed E-state index contributed by atoms with van der Waals surface area (Å²) in [6, 6.07) is 4.89. The van der Waals surface area contributed by atoms with E-state index in [1.807, 2.05) is 26.8 Å². The van der Waals surface area contributed by atoms with Crippen LogP contribution in [-0.2, 0) is 14.3 Å². The molecule has 0 aliphatic rings. The summed E-state index contributed by atoms with van der Waals surface area (Å²) in [6.07, 6.45) is 2.28. The van der Waals surface area contributed by atoms with E-state index in [-0.39, 0.29) is 18.5 Å². The number of unbranched alkanes of at least 4 members (excludes halogenated alkanes) is 1. The van der Waals surface area contributed by atoms with Crippen LogP contribution in [0, 0.1) is 0 Å². The van der Waals surface area contributed by atoms with E-state index in [0.717, 1.165) is 12.0 Å². The fourth-order valence-corrected chi connectivity index (χ4v) is 3.22. The van der Waals surface area contributed by atoms with Gasteiger partial charge in [-0.15, -0.1) is 0 Å². The van der Waals surface area contributed by atoms with Crippen molar-refractivity contribution < 1.29 is 24.2 Å². The third-order valence-corrected chi connectivity index (χ3v) is 4.66. The first-order valence-electron chi connectivity index (χ1n) is 11.4. The minimum atomic E-state index is -1.26. The standard InChI is InChI=1S/C25H39N3O5/c1-8-10-14-28(23(31)20(16-29)27-24(32)33-25(5,6)7)21(22(30)26-17(3)4)19-13-11-12-18(9-2)15-19/h9,11-13,15,17,20-21,29H,2,8,10,14,16H2,1,3-7H3,(H,26,30)(H,27,32). The molecule has 0 spiro atoms. The summed E-state index contributed by atoms with van der Waals surface area (Å²) >= 11 is 0. The third kappa shape index (κ3) is 9.26. The molecular formula is C25H39N3O5. The Balaban J connectivity index is 3.39. The van der Waals surface area contributed by atoms with Gasteiger partial charge in [0.25, 0.3) is 0 Å². The van der Waals surface area contributed by atoms with Crippen LogP contribution >= 0.6 is 0 Å². The number of nitrogens with one attached hydrogen (secondary N) is 2. The van der Waals surface area contributed by atoms with Gasteiger partial charge < -0.3 is 25.4 Å². The lowest BCUT2D eigenvalue weighted by molar-refractivity contribution is -0.143. The number of rotatable bonds is 11. The van der Waals surface area contributed by atoms with E-state index in [1.165, 1.54) is 4.90 Å². The monoisotopic (exact) mass is 461 g/mol. The lowest BCUT2D eigenvalue weighted by Gasteiger charge is -2.34. The molecule has 8 nitrogen and oxygen atoms in total. The van der Waals surface area contributed by atoms with Gasteiger partial charge in [-0.1, -0.05) is 44.2 Å². The number of hydrogen-bond donors (Lipinski definition) is 3. The molecule has 0 aliphatic carbocycles. The van der Waals surface area contributed by atoms with Crippen LogP contribution in [-0.4, -0.2) is 58.8 Å². The van der Waals surface area contributed by atoms with E-state index in [9.17, 15) is 19.5 Å². The van der Waals surface area contributed by atoms with Crippen LogP contribution in [0.15, 0.2) is 30.8 Å². The molecule has 3 N–H and O–H groups in total. The predicted molar refractivity (Wildman–Crippen MR) is 129 cm³/mol. The van der Waals surface area contributed by atoms with E-state index in [2.05, 4.69) is 17.2 Å². The number of carbonyl (C=O) groups is 3. The number of nitrogens with zero attached hydrogens (tertiary/aromatic N) is 1. The van der Waals surface area contributed by atoms with Crippen LogP contribution in [0.4, 0.5) is 4.79 Å². The van der Waals surface area contributed by atoms with E-state index in [4.69, 9.17) is 4.74 Å². The number of ether oxygens (including phenoxy) is 1. The quantitative estimate of drug-likeness (QED) is 0.468. The molecule has 0 bridgehead atoms. The first kappa shape index (κ1) is 28.2. The van der Waals surface area contributed by atoms with Gasteiger partial charge in [-0.05, 0) is 58.2 Å². The Labute approximate surface area is 197 Å². The van der Waals surface area contributed by atoms with Crippen molar-refractivity contribution >= 4 is 24.0 Å². The number of carbonyl (C=O) groups excluding carboxylic acids is 3. The number of benzene rings is 1. The second-order valence-electron chi connectivity index (χ2n) is 9.21. The van der Waals surface area contributed by atoms with Crippen molar-refractivity contribution in [3.8, 4) is 0 Å². The Kier molecular flexibility index (Phi) is 11.1. The topological polar surface area (TPSA) is 108 Å². The minimum absolute atomic E-state index is 0.140. The van der Waals surface area contributed by atoms with Crippen molar-refractivity contribution in [2.24, 2.45) is 0 Å². The second kappa shape index (κ2) is 13.0. The molecule has 33 heavy (non-hydrogen) atoms. The van der Waals surface area contributed by atoms with Gasteiger partial charge in [0.1, 0.15) is 17.7 Å². The third-order valence-electron chi connectivity index (χ3n) is 4.66. The van der Waals surface area contributed by atoms with E-state index in [1.54, 1.807) is 45.0 Å². The SMILES string of the molecule is C=Cc1cccc(C(C(=O)NC(C)C)N(CCCC)C(=O)C(CO)NC(=O)OC(C)(C)C)c1. The van der Waals surface area contributed by atoms with Crippen molar-refractivity contribution in [2.75, 3.05) is 13.2 Å². The summed E-state index contributed by atoms with van der Waals surface area (Å²) in [5, 5.41) is 15.2. The van der Waals surface area contributed by atoms with Crippen molar-refractivity contribution in [1.82, 2.24) is 15.5 Å². The number of aliphatic hydroxyl groups is 1. The van der Waals surface area contributed by atoms with Crippen LogP contribution in [0.2, 0.25) is 0 Å². The molecule has 1 aromatic carbocycles. The highest BCUT2D eigenvalue weighted by Gasteiger charge is 2.36. The van der Waals surface area contributed by atoms with Gasteiger partial charge in [0.2, 0.25) is 11.8 Å². The van der Waals surface area contributed by atoms with Crippen molar-refractivity contribution in [3.05, 3.63) is 42.0 Å². The van der Waals surface area contributed by atoms with Gasteiger partial charge in [0.05, 0.1) is 6.61 Å². The van der Waals surface area contributed by atoms with Crippen molar-refractivity contribution in [2.45, 2.75) is 78.1 Å². The van der Waals surface area contributed by atoms with Crippen LogP contribution < -0.4 is 10.6 Å². The molecule has 1 rings (SSSR count). The van der Waals surface area contributed by atoms with Gasteiger partial charge in [0.15, 0.2) is 0 Å². The summed E-state index contributed by atoms with van der Waals surface area (Å²) in [5.74, 6) is -0.908. The van der Waals surface area contributed by atoms with E-state index in [0.29, 0.717) is 12.0 Å². The molecule has 3 amide bonds. The van der Waals surface area contributed by atoms with Gasteiger partial charge >= 0.3 is 6.09 Å². The first-order valence-corrected chi connectivity index (χ1v) is 11.4. The highest BCUT2D eigenvalue weighted by molar-refractivity contribution is 5.92. The summed E-state index contributed by atoms with van der Waals surface area (Å²) in [5.41, 5.74) is 0.659. The molecule has 1 aromatic rings. The molecular weight excluding hydrogens is 422 g/mol. The maximum Gasteiger partial charge on any atom is 0.408 e. The zero-order valence-corrected chi connectivity index (χ0v) is 20.7. The molecule has 0 fully saturated rings. The van der Waals surface area contributed by atoms with Crippen LogP contribution in [0.5, 0.6) is 0 Å². The first-order chi connectivity index (χ1) is 15.4. The number of alkyl carbamates (subject to hydrolysis) is 1. The van der Waals surface area contributed by atoms with Crippen molar-refractivity contribution in [1.29, 1.82) is 0 Å². The Morgan fingerprint density at radius 2 is 1.88 bits per heavy atom. The smallest absolute Gasteiger partial charge is 0.408 e. The highest BCUT2D eigenvalue weighted by Crippen LogP contribution is 2.25. The van der Waals surface area contributed by atoms with Gasteiger partial charge in [0, 0.05) is 12.6 Å². The van der Waals surface area contributed by atoms with Crippen LogP contribution in [0.3, 0.4) is 0 Å². The molecule has 184 valence electrons. The molecule has 0 saturated carbocycles. The molecule has 0 heterocycles. The molecule has 0 radical (unpaired) electrons. The molecule has 8 heteroatoms. The predicted octanol–water partition coefficient (Wildman–Crippen LogP) is 3.41. The van der Waals surface area contributed by atoms with Crippen molar-refractivity contribution in [3.63, 3.8) is 0 Å². The number of aliphatic hydroxyl groups excluding tert-OH is 1. The van der Waals surface area contributed by atoms with Gasteiger partial charge in [-0.3, -0.25) is 9.59 Å². The Morgan fingerprint density at radius 3 is 2.39 bits per heavy atom. The maximum absolute atomic E-state index is 13.5. The highest BCUT2D eigenvalue weighted by atomic mass is 16.6. The van der Waals surface area contributed by atoms with E-state index < -0.39 is 36.3 Å². The molecule has 0 saturated heterocycles. The largest absolute Gasteiger partial charge is 0.444 e. The van der Waals surface area contributed by atoms with E-state index >= 15 is 0 Å². The number of amides is 3. The summed E-state index contributed by atoms with van der Waals surface area (Å²) in [6.45, 7) is 14.2. The fourth-order valence-electron chi connectivity index (χ4n) is 3.22. The average Bonchev–Trinajstić information content (AvgIpc) is 2.72. The summed E-state index contributed by atoms with van der Waals surface area (Å²) in [7, 11) is 0. The van der Waals surface area contributed by atoms with Crippen LogP contribution in [0.1, 0.15) is 71.6 Å². The molecule has 2 atom stereocenters. The molecule has 0 aromatic heterocycles. The fraction of sp³-hybridized carbons (Fsp3) is 0.560.